The number of nitrogens with zero attached hydrogens (tertiary/aromatic N) is 1. The van der Waals surface area contributed by atoms with Crippen LogP contribution in [0.1, 0.15) is 18.4 Å². The minimum atomic E-state index is -1.14. The monoisotopic (exact) mass is 319 g/mol. The van der Waals surface area contributed by atoms with Crippen LogP contribution in [0.25, 0.3) is 6.08 Å². The number of imide groups is 1. The molecule has 0 aliphatic carbocycles. The molecule has 2 aliphatic heterocycles. The Labute approximate surface area is 140 Å². The highest BCUT2D eigenvalue weighted by Gasteiger charge is 2.58. The summed E-state index contributed by atoms with van der Waals surface area (Å²) in [6.45, 7) is 0.494. The second kappa shape index (κ2) is 5.73. The van der Waals surface area contributed by atoms with Crippen molar-refractivity contribution in [1.29, 1.82) is 0 Å². The summed E-state index contributed by atoms with van der Waals surface area (Å²) in [5.41, 5.74) is 0.764. The fourth-order valence-corrected chi connectivity index (χ4v) is 3.41. The first-order valence-corrected chi connectivity index (χ1v) is 8.07. The van der Waals surface area contributed by atoms with Gasteiger partial charge in [0, 0.05) is 6.61 Å². The van der Waals surface area contributed by atoms with Crippen molar-refractivity contribution in [3.63, 3.8) is 0 Å². The number of para-hydroxylation sites is 1. The maximum atomic E-state index is 13.1. The van der Waals surface area contributed by atoms with Crippen LogP contribution in [0, 0.1) is 0 Å². The van der Waals surface area contributed by atoms with Crippen molar-refractivity contribution in [2.24, 2.45) is 0 Å². The summed E-state index contributed by atoms with van der Waals surface area (Å²) in [5, 5.41) is 0. The standard InChI is InChI=1S/C20H17NO3/c22-18-17(14-15-8-3-1-4-9-15)20(12-7-13-24-20)19(23)21(18)16-10-5-2-6-11-16/h1-6,8-11,14H,7,12-13H2/b17-14-. The van der Waals surface area contributed by atoms with Crippen molar-refractivity contribution in [3.05, 3.63) is 71.8 Å². The fourth-order valence-electron chi connectivity index (χ4n) is 3.41. The molecule has 1 atom stereocenters. The quantitative estimate of drug-likeness (QED) is 0.631. The summed E-state index contributed by atoms with van der Waals surface area (Å²) in [6.07, 6.45) is 3.10. The third-order valence-electron chi connectivity index (χ3n) is 4.56. The molecular formula is C20H17NO3. The number of carbonyl (C=O) groups excluding carboxylic acids is 2. The van der Waals surface area contributed by atoms with Crippen molar-refractivity contribution in [1.82, 2.24) is 0 Å². The number of anilines is 1. The molecule has 4 nitrogen and oxygen atoms in total. The van der Waals surface area contributed by atoms with Gasteiger partial charge in [0.1, 0.15) is 0 Å². The highest BCUT2D eigenvalue weighted by molar-refractivity contribution is 6.33. The van der Waals surface area contributed by atoms with E-state index in [0.717, 1.165) is 12.0 Å². The molecule has 2 saturated heterocycles. The topological polar surface area (TPSA) is 46.6 Å². The van der Waals surface area contributed by atoms with Crippen molar-refractivity contribution in [2.75, 3.05) is 11.5 Å². The van der Waals surface area contributed by atoms with Gasteiger partial charge in [0.15, 0.2) is 5.60 Å². The van der Waals surface area contributed by atoms with Gasteiger partial charge in [0.2, 0.25) is 0 Å². The van der Waals surface area contributed by atoms with Crippen molar-refractivity contribution in [3.8, 4) is 0 Å². The molecule has 24 heavy (non-hydrogen) atoms. The first-order chi connectivity index (χ1) is 11.7. The number of carbonyl (C=O) groups is 2. The number of hydrogen-bond donors (Lipinski definition) is 0. The Hall–Kier alpha value is -2.72. The molecule has 2 heterocycles. The average molecular weight is 319 g/mol. The molecule has 2 aromatic carbocycles. The van der Waals surface area contributed by atoms with E-state index in [2.05, 4.69) is 0 Å². The van der Waals surface area contributed by atoms with E-state index in [1.54, 1.807) is 18.2 Å². The second-order valence-electron chi connectivity index (χ2n) is 6.03. The molecule has 0 N–H and O–H groups in total. The van der Waals surface area contributed by atoms with E-state index in [1.807, 2.05) is 48.5 Å². The lowest BCUT2D eigenvalue weighted by Crippen LogP contribution is -2.40. The van der Waals surface area contributed by atoms with Crippen LogP contribution in [-0.2, 0) is 14.3 Å². The summed E-state index contributed by atoms with van der Waals surface area (Å²) in [4.78, 5) is 27.4. The Balaban J connectivity index is 1.84. The zero-order valence-corrected chi connectivity index (χ0v) is 13.1. The van der Waals surface area contributed by atoms with Gasteiger partial charge in [-0.2, -0.15) is 0 Å². The van der Waals surface area contributed by atoms with Gasteiger partial charge in [0.05, 0.1) is 11.3 Å². The van der Waals surface area contributed by atoms with E-state index < -0.39 is 5.60 Å². The molecule has 0 saturated carbocycles. The van der Waals surface area contributed by atoms with Crippen LogP contribution in [-0.4, -0.2) is 24.0 Å². The largest absolute Gasteiger partial charge is 0.360 e. The molecule has 0 radical (unpaired) electrons. The molecule has 0 bridgehead atoms. The summed E-state index contributed by atoms with van der Waals surface area (Å²) in [7, 11) is 0. The molecule has 4 rings (SSSR count). The van der Waals surface area contributed by atoms with Gasteiger partial charge in [-0.05, 0) is 36.6 Å². The molecular weight excluding hydrogens is 302 g/mol. The van der Waals surface area contributed by atoms with Crippen molar-refractivity contribution in [2.45, 2.75) is 18.4 Å². The Kier molecular flexibility index (Phi) is 3.54. The van der Waals surface area contributed by atoms with E-state index >= 15 is 0 Å². The number of hydrogen-bond acceptors (Lipinski definition) is 3. The normalized spacial score (nSPS) is 25.2. The lowest BCUT2D eigenvalue weighted by molar-refractivity contribution is -0.131. The molecule has 120 valence electrons. The van der Waals surface area contributed by atoms with Gasteiger partial charge in [-0.15, -0.1) is 0 Å². The zero-order valence-electron chi connectivity index (χ0n) is 13.1. The number of amides is 2. The predicted molar refractivity (Wildman–Crippen MR) is 91.3 cm³/mol. The Morgan fingerprint density at radius 2 is 1.62 bits per heavy atom. The van der Waals surface area contributed by atoms with Crippen LogP contribution in [0.3, 0.4) is 0 Å². The third kappa shape index (κ3) is 2.19. The van der Waals surface area contributed by atoms with E-state index in [0.29, 0.717) is 24.3 Å². The van der Waals surface area contributed by atoms with Crippen LogP contribution in [0.15, 0.2) is 66.2 Å². The molecule has 2 aromatic rings. The van der Waals surface area contributed by atoms with Crippen LogP contribution < -0.4 is 4.90 Å². The molecule has 1 spiro atoms. The van der Waals surface area contributed by atoms with Gasteiger partial charge in [-0.1, -0.05) is 48.5 Å². The first kappa shape index (κ1) is 14.8. The van der Waals surface area contributed by atoms with E-state index in [-0.39, 0.29) is 11.8 Å². The SMILES string of the molecule is O=C1/C(=C/c2ccccc2)C2(CCCO2)C(=O)N1c1ccccc1. The van der Waals surface area contributed by atoms with E-state index in [9.17, 15) is 9.59 Å². The molecule has 0 aromatic heterocycles. The second-order valence-corrected chi connectivity index (χ2v) is 6.03. The lowest BCUT2D eigenvalue weighted by Gasteiger charge is -2.21. The van der Waals surface area contributed by atoms with Gasteiger partial charge in [0.25, 0.3) is 11.8 Å². The van der Waals surface area contributed by atoms with Crippen LogP contribution in [0.5, 0.6) is 0 Å². The molecule has 2 fully saturated rings. The van der Waals surface area contributed by atoms with Gasteiger partial charge in [-0.3, -0.25) is 9.59 Å². The average Bonchev–Trinajstić information content (AvgIpc) is 3.18. The molecule has 4 heteroatoms. The highest BCUT2D eigenvalue weighted by Crippen LogP contribution is 2.43. The Bertz CT molecular complexity index is 805. The molecule has 1 unspecified atom stereocenters. The number of rotatable bonds is 2. The maximum absolute atomic E-state index is 13.1. The third-order valence-corrected chi connectivity index (χ3v) is 4.56. The van der Waals surface area contributed by atoms with Gasteiger partial charge >= 0.3 is 0 Å². The minimum Gasteiger partial charge on any atom is -0.360 e. The predicted octanol–water partition coefficient (Wildman–Crippen LogP) is 3.19. The van der Waals surface area contributed by atoms with Crippen LogP contribution in [0.2, 0.25) is 0 Å². The number of ether oxygens (including phenoxy) is 1. The van der Waals surface area contributed by atoms with Crippen LogP contribution >= 0.6 is 0 Å². The molecule has 2 amide bonds. The Morgan fingerprint density at radius 1 is 0.958 bits per heavy atom. The van der Waals surface area contributed by atoms with E-state index in [1.165, 1.54) is 4.90 Å². The van der Waals surface area contributed by atoms with Crippen LogP contribution in [0.4, 0.5) is 5.69 Å². The van der Waals surface area contributed by atoms with Gasteiger partial charge < -0.3 is 4.74 Å². The summed E-state index contributed by atoms with van der Waals surface area (Å²) >= 11 is 0. The summed E-state index contributed by atoms with van der Waals surface area (Å²) in [5.74, 6) is -0.574. The first-order valence-electron chi connectivity index (χ1n) is 8.07. The Morgan fingerprint density at radius 3 is 2.25 bits per heavy atom. The highest BCUT2D eigenvalue weighted by atomic mass is 16.5. The summed E-state index contributed by atoms with van der Waals surface area (Å²) < 4.78 is 5.84. The van der Waals surface area contributed by atoms with Crippen molar-refractivity contribution >= 4 is 23.6 Å². The fraction of sp³-hybridized carbons (Fsp3) is 0.200. The zero-order chi connectivity index (χ0) is 16.6. The number of benzene rings is 2. The lowest BCUT2D eigenvalue weighted by atomic mass is 9.91. The maximum Gasteiger partial charge on any atom is 0.271 e. The minimum absolute atomic E-state index is 0.279. The summed E-state index contributed by atoms with van der Waals surface area (Å²) in [6, 6.07) is 18.6. The smallest absolute Gasteiger partial charge is 0.271 e. The van der Waals surface area contributed by atoms with E-state index in [4.69, 9.17) is 4.74 Å². The van der Waals surface area contributed by atoms with Crippen molar-refractivity contribution < 1.29 is 14.3 Å². The molecule has 2 aliphatic rings. The van der Waals surface area contributed by atoms with Gasteiger partial charge in [-0.25, -0.2) is 4.90 Å².